The molecule has 1 aromatic heterocycles. The summed E-state index contributed by atoms with van der Waals surface area (Å²) in [6.45, 7) is 1.52. The SMILES string of the molecule is CC(=O)c1cc(Cl)ncc1NC(=O)OCc1ccccc1. The van der Waals surface area contributed by atoms with Crippen LogP contribution >= 0.6 is 11.6 Å². The van der Waals surface area contributed by atoms with Gasteiger partial charge in [0.25, 0.3) is 0 Å². The zero-order valence-electron chi connectivity index (χ0n) is 11.3. The topological polar surface area (TPSA) is 68.3 Å². The van der Waals surface area contributed by atoms with Gasteiger partial charge in [-0.3, -0.25) is 10.1 Å². The smallest absolute Gasteiger partial charge is 0.412 e. The van der Waals surface area contributed by atoms with Gasteiger partial charge in [0.2, 0.25) is 0 Å². The summed E-state index contributed by atoms with van der Waals surface area (Å²) >= 11 is 5.73. The van der Waals surface area contributed by atoms with E-state index in [1.807, 2.05) is 30.3 Å². The molecule has 2 rings (SSSR count). The largest absolute Gasteiger partial charge is 0.444 e. The van der Waals surface area contributed by atoms with E-state index in [-0.39, 0.29) is 28.8 Å². The molecule has 0 radical (unpaired) electrons. The third-order valence-corrected chi connectivity index (χ3v) is 2.91. The Morgan fingerprint density at radius 2 is 2.00 bits per heavy atom. The average Bonchev–Trinajstić information content (AvgIpc) is 2.48. The van der Waals surface area contributed by atoms with E-state index >= 15 is 0 Å². The summed E-state index contributed by atoms with van der Waals surface area (Å²) in [5.41, 5.74) is 1.42. The van der Waals surface area contributed by atoms with Crippen molar-refractivity contribution in [2.45, 2.75) is 13.5 Å². The minimum Gasteiger partial charge on any atom is -0.444 e. The molecular weight excluding hydrogens is 292 g/mol. The summed E-state index contributed by atoms with van der Waals surface area (Å²) in [5, 5.41) is 2.67. The molecule has 1 amide bonds. The highest BCUT2D eigenvalue weighted by Crippen LogP contribution is 2.19. The second-order valence-electron chi connectivity index (χ2n) is 4.30. The predicted molar refractivity (Wildman–Crippen MR) is 79.5 cm³/mol. The van der Waals surface area contributed by atoms with Gasteiger partial charge in [-0.15, -0.1) is 0 Å². The first kappa shape index (κ1) is 15.0. The molecular formula is C15H13ClN2O3. The van der Waals surface area contributed by atoms with Crippen LogP contribution in [0.15, 0.2) is 42.6 Å². The number of carbonyl (C=O) groups is 2. The summed E-state index contributed by atoms with van der Waals surface area (Å²) in [6, 6.07) is 10.7. The van der Waals surface area contributed by atoms with E-state index < -0.39 is 6.09 Å². The predicted octanol–water partition coefficient (Wildman–Crippen LogP) is 3.69. The van der Waals surface area contributed by atoms with Crippen LogP contribution in [0.1, 0.15) is 22.8 Å². The van der Waals surface area contributed by atoms with E-state index in [9.17, 15) is 9.59 Å². The third-order valence-electron chi connectivity index (χ3n) is 2.70. The number of Topliss-reactive ketones (excluding diaryl/α,β-unsaturated/α-hetero) is 1. The molecule has 0 saturated carbocycles. The average molecular weight is 305 g/mol. The molecule has 6 heteroatoms. The number of halogens is 1. The summed E-state index contributed by atoms with van der Waals surface area (Å²) in [5.74, 6) is -0.224. The molecule has 1 N–H and O–H groups in total. The van der Waals surface area contributed by atoms with Crippen molar-refractivity contribution in [2.75, 3.05) is 5.32 Å². The lowest BCUT2D eigenvalue weighted by molar-refractivity contribution is 0.101. The lowest BCUT2D eigenvalue weighted by atomic mass is 10.1. The number of benzene rings is 1. The maximum absolute atomic E-state index is 11.7. The van der Waals surface area contributed by atoms with Crippen molar-refractivity contribution < 1.29 is 14.3 Å². The molecule has 0 atom stereocenters. The molecule has 108 valence electrons. The fourth-order valence-corrected chi connectivity index (χ4v) is 1.85. The molecule has 21 heavy (non-hydrogen) atoms. The first-order chi connectivity index (χ1) is 10.1. The number of ketones is 1. The van der Waals surface area contributed by atoms with Crippen LogP contribution in [0, 0.1) is 0 Å². The van der Waals surface area contributed by atoms with E-state index in [1.54, 1.807) is 0 Å². The Morgan fingerprint density at radius 3 is 2.67 bits per heavy atom. The number of nitrogens with one attached hydrogen (secondary N) is 1. The first-order valence-electron chi connectivity index (χ1n) is 6.20. The molecule has 2 aromatic rings. The number of anilines is 1. The van der Waals surface area contributed by atoms with Crippen molar-refractivity contribution in [3.63, 3.8) is 0 Å². The Kier molecular flexibility index (Phi) is 4.90. The van der Waals surface area contributed by atoms with Crippen LogP contribution in [0.2, 0.25) is 5.15 Å². The number of amides is 1. The number of carbonyl (C=O) groups excluding carboxylic acids is 2. The molecule has 0 aliphatic heterocycles. The third kappa shape index (κ3) is 4.29. The van der Waals surface area contributed by atoms with E-state index in [2.05, 4.69) is 10.3 Å². The Balaban J connectivity index is 2.01. The van der Waals surface area contributed by atoms with Gasteiger partial charge in [-0.2, -0.15) is 0 Å². The maximum Gasteiger partial charge on any atom is 0.412 e. The van der Waals surface area contributed by atoms with Crippen molar-refractivity contribution in [1.29, 1.82) is 0 Å². The Hall–Kier alpha value is -2.40. The molecule has 1 heterocycles. The van der Waals surface area contributed by atoms with Crippen LogP contribution < -0.4 is 5.32 Å². The zero-order chi connectivity index (χ0) is 15.2. The van der Waals surface area contributed by atoms with Crippen molar-refractivity contribution in [3.05, 3.63) is 58.9 Å². The molecule has 0 aliphatic rings. The van der Waals surface area contributed by atoms with Crippen molar-refractivity contribution in [2.24, 2.45) is 0 Å². The van der Waals surface area contributed by atoms with Gasteiger partial charge < -0.3 is 4.74 Å². The van der Waals surface area contributed by atoms with Crippen LogP contribution in [0.25, 0.3) is 0 Å². The maximum atomic E-state index is 11.7. The molecule has 0 fully saturated rings. The van der Waals surface area contributed by atoms with Gasteiger partial charge in [0.1, 0.15) is 11.8 Å². The minimum absolute atomic E-state index is 0.142. The number of hydrogen-bond donors (Lipinski definition) is 1. The van der Waals surface area contributed by atoms with Crippen LogP contribution in [0.5, 0.6) is 0 Å². The van der Waals surface area contributed by atoms with E-state index in [4.69, 9.17) is 16.3 Å². The second kappa shape index (κ2) is 6.85. The van der Waals surface area contributed by atoms with Gasteiger partial charge in [0.05, 0.1) is 11.9 Å². The number of nitrogens with zero attached hydrogens (tertiary/aromatic N) is 1. The van der Waals surface area contributed by atoms with Crippen LogP contribution in [-0.4, -0.2) is 16.9 Å². The zero-order valence-corrected chi connectivity index (χ0v) is 12.1. The molecule has 0 spiro atoms. The number of hydrogen-bond acceptors (Lipinski definition) is 4. The Labute approximate surface area is 126 Å². The van der Waals surface area contributed by atoms with Gasteiger partial charge >= 0.3 is 6.09 Å². The van der Waals surface area contributed by atoms with Crippen LogP contribution in [0.3, 0.4) is 0 Å². The normalized spacial score (nSPS) is 10.0. The molecule has 0 aliphatic carbocycles. The minimum atomic E-state index is -0.662. The number of pyridine rings is 1. The fourth-order valence-electron chi connectivity index (χ4n) is 1.69. The number of aromatic nitrogens is 1. The first-order valence-corrected chi connectivity index (χ1v) is 6.58. The van der Waals surface area contributed by atoms with E-state index in [0.717, 1.165) is 5.56 Å². The van der Waals surface area contributed by atoms with Gasteiger partial charge in [-0.25, -0.2) is 9.78 Å². The molecule has 0 saturated heterocycles. The highest BCUT2D eigenvalue weighted by molar-refractivity contribution is 6.30. The summed E-state index contributed by atoms with van der Waals surface area (Å²) in [7, 11) is 0. The Morgan fingerprint density at radius 1 is 1.29 bits per heavy atom. The lowest BCUT2D eigenvalue weighted by Crippen LogP contribution is -2.16. The van der Waals surface area contributed by atoms with Gasteiger partial charge in [-0.05, 0) is 18.6 Å². The van der Waals surface area contributed by atoms with Gasteiger partial charge in [-0.1, -0.05) is 41.9 Å². The Bertz CT molecular complexity index is 659. The molecule has 5 nitrogen and oxygen atoms in total. The molecule has 0 bridgehead atoms. The standard InChI is InChI=1S/C15H13ClN2O3/c1-10(19)12-7-14(16)17-8-13(12)18-15(20)21-9-11-5-3-2-4-6-11/h2-8H,9H2,1H3,(H,18,20). The second-order valence-corrected chi connectivity index (χ2v) is 4.68. The van der Waals surface area contributed by atoms with Crippen molar-refractivity contribution in [1.82, 2.24) is 4.98 Å². The van der Waals surface area contributed by atoms with Crippen molar-refractivity contribution in [3.8, 4) is 0 Å². The van der Waals surface area contributed by atoms with Gasteiger partial charge in [0.15, 0.2) is 5.78 Å². The summed E-state index contributed by atoms with van der Waals surface area (Å²) in [6.07, 6.45) is 0.661. The van der Waals surface area contributed by atoms with E-state index in [0.29, 0.717) is 0 Å². The van der Waals surface area contributed by atoms with Crippen LogP contribution in [-0.2, 0) is 11.3 Å². The summed E-state index contributed by atoms with van der Waals surface area (Å²) < 4.78 is 5.07. The van der Waals surface area contributed by atoms with E-state index in [1.165, 1.54) is 19.2 Å². The quantitative estimate of drug-likeness (QED) is 0.691. The highest BCUT2D eigenvalue weighted by atomic mass is 35.5. The molecule has 1 aromatic carbocycles. The van der Waals surface area contributed by atoms with Crippen LogP contribution in [0.4, 0.5) is 10.5 Å². The fraction of sp³-hybridized carbons (Fsp3) is 0.133. The number of rotatable bonds is 4. The summed E-state index contributed by atoms with van der Waals surface area (Å²) in [4.78, 5) is 27.1. The monoisotopic (exact) mass is 304 g/mol. The van der Waals surface area contributed by atoms with Crippen molar-refractivity contribution >= 4 is 29.2 Å². The number of ether oxygens (including phenoxy) is 1. The lowest BCUT2D eigenvalue weighted by Gasteiger charge is -2.09. The highest BCUT2D eigenvalue weighted by Gasteiger charge is 2.12. The van der Waals surface area contributed by atoms with Gasteiger partial charge in [0, 0.05) is 5.56 Å². The molecule has 0 unspecified atom stereocenters.